The van der Waals surface area contributed by atoms with Gasteiger partial charge in [0.2, 0.25) is 11.8 Å². The van der Waals surface area contributed by atoms with Crippen LogP contribution in [0.1, 0.15) is 96.4 Å². The molecule has 3 amide bonds. The Hall–Kier alpha value is -5.55. The largest absolute Gasteiger partial charge is 0.378 e. The van der Waals surface area contributed by atoms with Gasteiger partial charge >= 0.3 is 5.69 Å². The van der Waals surface area contributed by atoms with Crippen LogP contribution in [0.15, 0.2) is 41.5 Å². The zero-order valence-corrected chi connectivity index (χ0v) is 35.2. The Kier molecular flexibility index (Phi) is 12.2. The highest BCUT2D eigenvalue weighted by molar-refractivity contribution is 7.16. The van der Waals surface area contributed by atoms with Crippen molar-refractivity contribution in [3.8, 4) is 11.8 Å². The summed E-state index contributed by atoms with van der Waals surface area (Å²) in [4.78, 5) is 64.6. The number of rotatable bonds is 10. The minimum Gasteiger partial charge on any atom is -0.378 e. The number of alkyl halides is 2. The van der Waals surface area contributed by atoms with Crippen LogP contribution in [0.4, 0.5) is 19.6 Å². The zero-order chi connectivity index (χ0) is 42.9. The highest BCUT2D eigenvalue weighted by Crippen LogP contribution is 2.42. The number of nitrogens with zero attached hydrogens (tertiary/aromatic N) is 8. The lowest BCUT2D eigenvalue weighted by Gasteiger charge is -2.36. The molecule has 1 atom stereocenters. The minimum absolute atomic E-state index is 0.0523. The smallest absolute Gasteiger partial charge is 0.329 e. The third kappa shape index (κ3) is 8.61. The van der Waals surface area contributed by atoms with Crippen LogP contribution in [0.5, 0.6) is 0 Å². The average molecular weight is 871 g/mol. The Morgan fingerprint density at radius 3 is 2.58 bits per heavy atom. The number of nitrogens with one attached hydrogen (secondary N) is 2. The molecular weight excluding hydrogens is 823 g/mol. The number of likely N-dealkylation sites (tertiary alicyclic amines) is 1. The van der Waals surface area contributed by atoms with E-state index >= 15 is 0 Å². The summed E-state index contributed by atoms with van der Waals surface area (Å²) in [6.45, 7) is 5.58. The number of benzene rings is 1. The number of halogens is 2. The number of imide groups is 1. The molecule has 1 aromatic carbocycles. The second-order valence-corrected chi connectivity index (χ2v) is 17.4. The lowest BCUT2D eigenvalue weighted by Crippen LogP contribution is -2.44. The van der Waals surface area contributed by atoms with Crippen molar-refractivity contribution in [1.82, 2.24) is 38.9 Å². The number of imidazole rings is 1. The van der Waals surface area contributed by atoms with Crippen LogP contribution >= 0.6 is 11.3 Å². The summed E-state index contributed by atoms with van der Waals surface area (Å²) in [6, 6.07) is 6.51. The fourth-order valence-corrected chi connectivity index (χ4v) is 10.3. The first-order chi connectivity index (χ1) is 30.1. The first-order valence-corrected chi connectivity index (χ1v) is 22.1. The third-order valence-electron chi connectivity index (χ3n) is 12.5. The van der Waals surface area contributed by atoms with Crippen molar-refractivity contribution >= 4 is 56.6 Å². The highest BCUT2D eigenvalue weighted by atomic mass is 32.1. The Labute approximate surface area is 359 Å². The summed E-state index contributed by atoms with van der Waals surface area (Å²) < 4.78 is 44.6. The van der Waals surface area contributed by atoms with Crippen LogP contribution in [0.3, 0.4) is 0 Å². The van der Waals surface area contributed by atoms with Gasteiger partial charge in [-0.15, -0.1) is 11.3 Å². The SMILES string of the molecule is Cn1c(=O)n(C2CCC(=O)NC2=O)c2cccc(C#CCOC3CCN(C[C@H]4CC[C@H](c5nc(C(F)F)c(NC(=O)c6cnn7ccc(N8CCOCC8)nc67)s5)CC4)CC3)c21. The topological polar surface area (TPSA) is 170 Å². The number of anilines is 2. The van der Waals surface area contributed by atoms with E-state index in [1.54, 1.807) is 19.3 Å². The molecule has 3 saturated heterocycles. The van der Waals surface area contributed by atoms with Gasteiger partial charge in [-0.2, -0.15) is 5.10 Å². The molecule has 16 nitrogen and oxygen atoms in total. The van der Waals surface area contributed by atoms with Crippen LogP contribution in [-0.2, 0) is 26.1 Å². The molecule has 1 unspecified atom stereocenters. The summed E-state index contributed by atoms with van der Waals surface area (Å²) in [6.07, 6.45) is 6.24. The maximum atomic E-state index is 14.3. The van der Waals surface area contributed by atoms with E-state index < -0.39 is 30.0 Å². The number of morpholine rings is 1. The van der Waals surface area contributed by atoms with Gasteiger partial charge in [0, 0.05) is 58.3 Å². The van der Waals surface area contributed by atoms with Crippen LogP contribution in [0.2, 0.25) is 0 Å². The fraction of sp³-hybridized carbons (Fsp3) is 0.512. The Balaban J connectivity index is 0.748. The first-order valence-electron chi connectivity index (χ1n) is 21.2. The number of aryl methyl sites for hydroxylation is 1. The van der Waals surface area contributed by atoms with Gasteiger partial charge in [-0.25, -0.2) is 28.1 Å². The lowest BCUT2D eigenvalue weighted by molar-refractivity contribution is -0.135. The molecule has 3 aliphatic heterocycles. The summed E-state index contributed by atoms with van der Waals surface area (Å²) in [5.41, 5.74) is 1.69. The molecular formula is C43H48F2N10O6S. The molecule has 7 heterocycles. The summed E-state index contributed by atoms with van der Waals surface area (Å²) >= 11 is 1.14. The van der Waals surface area contributed by atoms with Crippen molar-refractivity contribution in [3.05, 3.63) is 69.0 Å². The molecule has 0 radical (unpaired) electrons. The van der Waals surface area contributed by atoms with Gasteiger partial charge in [0.05, 0.1) is 47.1 Å². The third-order valence-corrected chi connectivity index (χ3v) is 13.7. The van der Waals surface area contributed by atoms with Crippen LogP contribution in [0.25, 0.3) is 16.7 Å². The molecule has 0 bridgehead atoms. The quantitative estimate of drug-likeness (QED) is 0.148. The normalized spacial score (nSPS) is 21.7. The maximum absolute atomic E-state index is 14.3. The van der Waals surface area contributed by atoms with Crippen molar-refractivity contribution in [2.24, 2.45) is 13.0 Å². The van der Waals surface area contributed by atoms with Gasteiger partial charge < -0.3 is 24.6 Å². The number of para-hydroxylation sites is 1. The summed E-state index contributed by atoms with van der Waals surface area (Å²) in [5.74, 6) is 6.16. The molecule has 2 N–H and O–H groups in total. The standard InChI is InChI=1S/C43H48F2N10O6S/c1-51-36-27(4-2-6-31(36)55(43(51)59)32-11-12-34(56)48-40(32)58)5-3-21-61-29-13-16-52(17-14-29)25-26-7-9-28(10-8-26)41-49-35(37(44)45)42(62-41)50-39(57)30-24-46-54-18-15-33(47-38(30)54)53-19-22-60-23-20-53/h2,4,6,15,18,24,26,28-29,32,37H,7-14,16-17,19-23,25H2,1H3,(H,50,57)(H,48,56,58)/t26-,28-,32?. The zero-order valence-electron chi connectivity index (χ0n) is 34.4. The molecule has 1 aliphatic carbocycles. The van der Waals surface area contributed by atoms with E-state index in [1.807, 2.05) is 18.2 Å². The fourth-order valence-electron chi connectivity index (χ4n) is 9.20. The van der Waals surface area contributed by atoms with E-state index in [1.165, 1.54) is 19.8 Å². The Morgan fingerprint density at radius 2 is 1.82 bits per heavy atom. The number of carbonyl (C=O) groups excluding carboxylic acids is 3. The lowest BCUT2D eigenvalue weighted by atomic mass is 9.82. The number of amides is 3. The average Bonchev–Trinajstić information content (AvgIpc) is 3.98. The van der Waals surface area contributed by atoms with E-state index in [-0.39, 0.29) is 53.6 Å². The number of aromatic nitrogens is 6. The number of hydrogen-bond donors (Lipinski definition) is 2. The van der Waals surface area contributed by atoms with Crippen molar-refractivity contribution in [2.75, 3.05) is 62.8 Å². The number of ether oxygens (including phenoxy) is 2. The molecule has 4 aliphatic rings. The van der Waals surface area contributed by atoms with Crippen molar-refractivity contribution in [1.29, 1.82) is 0 Å². The molecule has 4 fully saturated rings. The highest BCUT2D eigenvalue weighted by Gasteiger charge is 2.33. The molecule has 4 aromatic heterocycles. The van der Waals surface area contributed by atoms with Gasteiger partial charge in [-0.1, -0.05) is 17.9 Å². The number of fused-ring (bicyclic) bond motifs is 2. The molecule has 62 heavy (non-hydrogen) atoms. The number of carbonyl (C=O) groups is 3. The number of hydrogen-bond acceptors (Lipinski definition) is 12. The monoisotopic (exact) mass is 870 g/mol. The van der Waals surface area contributed by atoms with E-state index in [0.29, 0.717) is 65.3 Å². The van der Waals surface area contributed by atoms with E-state index in [2.05, 4.69) is 47.3 Å². The van der Waals surface area contributed by atoms with Crippen LogP contribution in [-0.4, -0.2) is 110 Å². The number of piperidine rings is 2. The van der Waals surface area contributed by atoms with Crippen molar-refractivity contribution in [3.63, 3.8) is 0 Å². The predicted octanol–water partition coefficient (Wildman–Crippen LogP) is 4.65. The predicted molar refractivity (Wildman–Crippen MR) is 227 cm³/mol. The molecule has 5 aromatic rings. The summed E-state index contributed by atoms with van der Waals surface area (Å²) in [5, 5.41) is 10.0. The number of thiazole rings is 1. The Bertz CT molecular complexity index is 2610. The minimum atomic E-state index is -2.83. The van der Waals surface area contributed by atoms with E-state index in [9.17, 15) is 28.0 Å². The molecule has 0 spiro atoms. The first kappa shape index (κ1) is 41.8. The van der Waals surface area contributed by atoms with Gasteiger partial charge in [0.1, 0.15) is 34.7 Å². The molecule has 9 rings (SSSR count). The Morgan fingerprint density at radius 1 is 1.03 bits per heavy atom. The second kappa shape index (κ2) is 18.0. The molecule has 19 heteroatoms. The van der Waals surface area contributed by atoms with E-state index in [4.69, 9.17) is 9.47 Å². The molecule has 1 saturated carbocycles. The van der Waals surface area contributed by atoms with Crippen LogP contribution in [0, 0.1) is 17.8 Å². The van der Waals surface area contributed by atoms with Gasteiger partial charge in [-0.3, -0.25) is 28.8 Å². The van der Waals surface area contributed by atoms with Crippen molar-refractivity contribution < 1.29 is 32.6 Å². The molecule has 326 valence electrons. The summed E-state index contributed by atoms with van der Waals surface area (Å²) in [7, 11) is 1.66. The van der Waals surface area contributed by atoms with Gasteiger partial charge in [0.15, 0.2) is 5.65 Å². The van der Waals surface area contributed by atoms with Gasteiger partial charge in [-0.05, 0) is 69.1 Å². The van der Waals surface area contributed by atoms with Gasteiger partial charge in [0.25, 0.3) is 12.3 Å². The second-order valence-electron chi connectivity index (χ2n) is 16.4. The van der Waals surface area contributed by atoms with E-state index in [0.717, 1.165) is 69.5 Å². The van der Waals surface area contributed by atoms with Crippen molar-refractivity contribution in [2.45, 2.75) is 75.9 Å². The maximum Gasteiger partial charge on any atom is 0.329 e. The van der Waals surface area contributed by atoms with Crippen LogP contribution < -0.4 is 21.2 Å².